The lowest BCUT2D eigenvalue weighted by molar-refractivity contribution is -0.147. The molecule has 5 N–H and O–H groups in total. The smallest absolute Gasteiger partial charge is 0.340 e. The van der Waals surface area contributed by atoms with E-state index >= 15 is 0 Å². The number of carboxylic acid groups (broad SMARTS) is 1. The van der Waals surface area contributed by atoms with E-state index in [1.807, 2.05) is 62.4 Å². The maximum atomic E-state index is 12.6. The van der Waals surface area contributed by atoms with Crippen LogP contribution in [0.3, 0.4) is 0 Å². The van der Waals surface area contributed by atoms with Gasteiger partial charge in [0, 0.05) is 22.1 Å². The molecule has 0 fully saturated rings. The summed E-state index contributed by atoms with van der Waals surface area (Å²) in [5.74, 6) is -1.12. The molecule has 10 heteroatoms. The van der Waals surface area contributed by atoms with Gasteiger partial charge in [-0.3, -0.25) is 9.59 Å². The molecule has 0 radical (unpaired) electrons. The van der Waals surface area contributed by atoms with Crippen LogP contribution >= 0.6 is 0 Å². The van der Waals surface area contributed by atoms with Crippen LogP contribution in [0.25, 0.3) is 0 Å². The number of aromatic hydroxyl groups is 4. The van der Waals surface area contributed by atoms with Gasteiger partial charge in [-0.15, -0.1) is 0 Å². The molecule has 55 heavy (non-hydrogen) atoms. The van der Waals surface area contributed by atoms with Crippen LogP contribution in [0.15, 0.2) is 97.1 Å². The second-order valence-electron chi connectivity index (χ2n) is 14.2. The molecular weight excluding hydrogens is 700 g/mol. The Kier molecular flexibility index (Phi) is 11.9. The van der Waals surface area contributed by atoms with Crippen LogP contribution in [0, 0.1) is 27.7 Å². The fourth-order valence-corrected chi connectivity index (χ4v) is 6.91. The number of rotatable bonds is 11. The van der Waals surface area contributed by atoms with Crippen molar-refractivity contribution in [2.24, 2.45) is 0 Å². The molecule has 0 saturated carbocycles. The predicted octanol–water partition coefficient (Wildman–Crippen LogP) is 8.39. The van der Waals surface area contributed by atoms with Gasteiger partial charge in [-0.1, -0.05) is 61.5 Å². The van der Waals surface area contributed by atoms with Crippen LogP contribution in [-0.4, -0.2) is 50.0 Å². The van der Waals surface area contributed by atoms with Gasteiger partial charge in [0.15, 0.2) is 5.60 Å². The first-order valence-electron chi connectivity index (χ1n) is 18.0. The highest BCUT2D eigenvalue weighted by molar-refractivity contribution is 5.96. The van der Waals surface area contributed by atoms with Gasteiger partial charge in [-0.2, -0.15) is 0 Å². The fourth-order valence-electron chi connectivity index (χ4n) is 6.91. The second kappa shape index (κ2) is 16.4. The number of carbonyl (C=O) groups is 3. The van der Waals surface area contributed by atoms with Crippen LogP contribution in [0.2, 0.25) is 0 Å². The zero-order valence-corrected chi connectivity index (χ0v) is 31.6. The van der Waals surface area contributed by atoms with Crippen molar-refractivity contribution in [3.05, 3.63) is 153 Å². The molecule has 0 bridgehead atoms. The zero-order valence-electron chi connectivity index (χ0n) is 31.6. The van der Waals surface area contributed by atoms with Crippen molar-refractivity contribution >= 4 is 17.9 Å². The summed E-state index contributed by atoms with van der Waals surface area (Å²) in [5, 5.41) is 48.3. The molecule has 286 valence electrons. The van der Waals surface area contributed by atoms with E-state index in [9.17, 15) is 34.8 Å². The van der Waals surface area contributed by atoms with Crippen LogP contribution in [0.4, 0.5) is 0 Å². The van der Waals surface area contributed by atoms with E-state index in [1.165, 1.54) is 0 Å². The summed E-state index contributed by atoms with van der Waals surface area (Å²) in [6.45, 7) is 9.56. The number of cyclic esters (lactones) is 1. The molecule has 1 heterocycles. The number of aliphatic carboxylic acids is 1. The van der Waals surface area contributed by atoms with Crippen molar-refractivity contribution in [1.82, 2.24) is 0 Å². The number of carboxylic acids is 1. The molecule has 1 aliphatic heterocycles. The third-order valence-corrected chi connectivity index (χ3v) is 10.3. The topological polar surface area (TPSA) is 171 Å². The molecule has 1 aliphatic rings. The first-order valence-corrected chi connectivity index (χ1v) is 18.0. The maximum absolute atomic E-state index is 12.6. The van der Waals surface area contributed by atoms with Gasteiger partial charge < -0.3 is 35.0 Å². The quantitative estimate of drug-likeness (QED) is 0.0653. The van der Waals surface area contributed by atoms with Crippen LogP contribution in [0.5, 0.6) is 23.0 Å². The van der Waals surface area contributed by atoms with Gasteiger partial charge in [-0.25, -0.2) is 4.79 Å². The Morgan fingerprint density at radius 3 is 1.62 bits per heavy atom. The lowest BCUT2D eigenvalue weighted by Gasteiger charge is -2.32. The minimum atomic E-state index is -1.12. The first kappa shape index (κ1) is 39.9. The SMILES string of the molecule is Cc1cc(C(C)(CCCOC(=O)CCC(=O)O)c2ccc(O)c(C)c2)ccc1O.Cc1cc(C2(c3ccc(O)c(C)c3)OC(=O)c3ccccc32)ccc1O. The Hall–Kier alpha value is -6.29. The lowest BCUT2D eigenvalue weighted by atomic mass is 9.72. The molecule has 0 unspecified atom stereocenters. The number of hydrogen-bond acceptors (Lipinski definition) is 9. The summed E-state index contributed by atoms with van der Waals surface area (Å²) >= 11 is 0. The Morgan fingerprint density at radius 2 is 1.15 bits per heavy atom. The van der Waals surface area contributed by atoms with Crippen molar-refractivity contribution in [3.8, 4) is 23.0 Å². The lowest BCUT2D eigenvalue weighted by Crippen LogP contribution is -2.29. The second-order valence-corrected chi connectivity index (χ2v) is 14.2. The van der Waals surface area contributed by atoms with Crippen molar-refractivity contribution in [2.45, 2.75) is 71.3 Å². The van der Waals surface area contributed by atoms with Crippen molar-refractivity contribution in [2.75, 3.05) is 6.61 Å². The van der Waals surface area contributed by atoms with Gasteiger partial charge in [0.2, 0.25) is 0 Å². The normalized spacial score (nSPS) is 12.9. The zero-order chi connectivity index (χ0) is 40.1. The molecule has 5 aromatic carbocycles. The number of phenols is 4. The van der Waals surface area contributed by atoms with Crippen molar-refractivity contribution in [3.63, 3.8) is 0 Å². The summed E-state index contributed by atoms with van der Waals surface area (Å²) in [6.07, 6.45) is 0.861. The average molecular weight is 747 g/mol. The maximum Gasteiger partial charge on any atom is 0.340 e. The minimum Gasteiger partial charge on any atom is -0.508 e. The van der Waals surface area contributed by atoms with Gasteiger partial charge in [0.05, 0.1) is 25.0 Å². The van der Waals surface area contributed by atoms with E-state index in [2.05, 4.69) is 6.92 Å². The fraction of sp³-hybridized carbons (Fsp3) is 0.267. The van der Waals surface area contributed by atoms with E-state index in [0.29, 0.717) is 29.5 Å². The Bertz CT molecular complexity index is 2130. The first-order chi connectivity index (χ1) is 26.1. The molecule has 0 aliphatic carbocycles. The average Bonchev–Trinajstić information content (AvgIpc) is 3.46. The summed E-state index contributed by atoms with van der Waals surface area (Å²) in [4.78, 5) is 34.8. The Balaban J connectivity index is 0.000000212. The van der Waals surface area contributed by atoms with Crippen LogP contribution < -0.4 is 0 Å². The highest BCUT2D eigenvalue weighted by atomic mass is 16.6. The van der Waals surface area contributed by atoms with E-state index < -0.39 is 28.9 Å². The van der Waals surface area contributed by atoms with Crippen molar-refractivity contribution < 1.29 is 49.4 Å². The van der Waals surface area contributed by atoms with E-state index in [1.54, 1.807) is 62.4 Å². The Morgan fingerprint density at radius 1 is 0.673 bits per heavy atom. The largest absolute Gasteiger partial charge is 0.508 e. The van der Waals surface area contributed by atoms with E-state index in [-0.39, 0.29) is 42.4 Å². The number of hydrogen-bond donors (Lipinski definition) is 5. The molecular formula is C45H46O10. The monoisotopic (exact) mass is 746 g/mol. The minimum absolute atomic E-state index is 0.138. The molecule has 0 aromatic heterocycles. The number of fused-ring (bicyclic) bond motifs is 1. The molecule has 5 aromatic rings. The number of carbonyl (C=O) groups excluding carboxylic acids is 2. The van der Waals surface area contributed by atoms with Gasteiger partial charge in [0.1, 0.15) is 23.0 Å². The highest BCUT2D eigenvalue weighted by Crippen LogP contribution is 2.48. The third-order valence-electron chi connectivity index (χ3n) is 10.3. The number of phenolic OH excluding ortho intramolecular Hbond substituents is 4. The van der Waals surface area contributed by atoms with Gasteiger partial charge in [-0.05, 0) is 116 Å². The summed E-state index contributed by atoms with van der Waals surface area (Å²) in [6, 6.07) is 28.7. The number of aryl methyl sites for hydroxylation is 4. The summed E-state index contributed by atoms with van der Waals surface area (Å²) < 4.78 is 11.1. The highest BCUT2D eigenvalue weighted by Gasteiger charge is 2.48. The van der Waals surface area contributed by atoms with Crippen LogP contribution in [0.1, 0.15) is 93.0 Å². The molecule has 10 nitrogen and oxygen atoms in total. The predicted molar refractivity (Wildman–Crippen MR) is 207 cm³/mol. The van der Waals surface area contributed by atoms with Crippen LogP contribution in [-0.2, 0) is 30.1 Å². The molecule has 0 atom stereocenters. The summed E-state index contributed by atoms with van der Waals surface area (Å²) in [7, 11) is 0. The number of ether oxygens (including phenoxy) is 2. The number of esters is 2. The summed E-state index contributed by atoms with van der Waals surface area (Å²) in [5.41, 5.74) is 6.15. The van der Waals surface area contributed by atoms with Gasteiger partial charge in [0.25, 0.3) is 0 Å². The molecule has 6 rings (SSSR count). The molecule has 0 spiro atoms. The molecule has 0 amide bonds. The van der Waals surface area contributed by atoms with E-state index in [4.69, 9.17) is 14.6 Å². The third kappa shape index (κ3) is 8.44. The van der Waals surface area contributed by atoms with E-state index in [0.717, 1.165) is 38.9 Å². The van der Waals surface area contributed by atoms with Crippen molar-refractivity contribution in [1.29, 1.82) is 0 Å². The Labute approximate surface area is 320 Å². The molecule has 0 saturated heterocycles. The standard InChI is InChI=1S/C23H28O6.C22H18O4/c1-15-13-17(5-7-19(15)24)23(3,18-6-8-20(25)16(2)14-18)11-4-12-29-22(28)10-9-21(26)27;1-13-11-15(7-9-19(13)23)22(16-8-10-20(24)14(2)12-16)18-6-4-3-5-17(18)21(25)26-22/h5-8,13-14,24-25H,4,9-12H2,1-3H3,(H,26,27);3-12,23-24H,1-2H3. The number of benzene rings is 5. The van der Waals surface area contributed by atoms with Gasteiger partial charge >= 0.3 is 17.9 Å².